The summed E-state index contributed by atoms with van der Waals surface area (Å²) in [6.45, 7) is 0. The first-order valence-electron chi connectivity index (χ1n) is 9.62. The number of sulfonamides is 1. The minimum absolute atomic E-state index is 0.127. The number of fused-ring (bicyclic) bond motifs is 1. The Balaban J connectivity index is 1.75. The van der Waals surface area contributed by atoms with Crippen LogP contribution in [0.2, 0.25) is 0 Å². The Morgan fingerprint density at radius 2 is 1.62 bits per heavy atom. The Kier molecular flexibility index (Phi) is 5.65. The normalized spacial score (nSPS) is 18.7. The van der Waals surface area contributed by atoms with Crippen LogP contribution < -0.4 is 9.79 Å². The van der Waals surface area contributed by atoms with Gasteiger partial charge in [0.25, 0.3) is 21.8 Å². The summed E-state index contributed by atoms with van der Waals surface area (Å²) in [5.41, 5.74) is -1.38. The van der Waals surface area contributed by atoms with Gasteiger partial charge >= 0.3 is 6.36 Å². The fourth-order valence-electron chi connectivity index (χ4n) is 3.60. The van der Waals surface area contributed by atoms with E-state index >= 15 is 0 Å². The molecule has 0 saturated carbocycles. The van der Waals surface area contributed by atoms with E-state index in [9.17, 15) is 40.8 Å². The van der Waals surface area contributed by atoms with Crippen LogP contribution in [0.1, 0.15) is 33.6 Å². The third kappa shape index (κ3) is 4.12. The fourth-order valence-corrected chi connectivity index (χ4v) is 4.86. The van der Waals surface area contributed by atoms with Crippen molar-refractivity contribution in [2.24, 2.45) is 0 Å². The van der Waals surface area contributed by atoms with Gasteiger partial charge in [-0.25, -0.2) is 0 Å². The largest absolute Gasteiger partial charge is 0.544 e. The second-order valence-electron chi connectivity index (χ2n) is 7.26. The second kappa shape index (κ2) is 8.22. The van der Waals surface area contributed by atoms with E-state index in [0.29, 0.717) is 4.90 Å². The van der Waals surface area contributed by atoms with Gasteiger partial charge in [-0.2, -0.15) is 13.3 Å². The highest BCUT2D eigenvalue weighted by Gasteiger charge is 2.46. The van der Waals surface area contributed by atoms with Gasteiger partial charge in [0.1, 0.15) is 6.04 Å². The number of rotatable bonds is 5. The molecular weight excluding hydrogens is 483 g/mol. The molecule has 1 unspecified atom stereocenters. The molecule has 2 aliphatic heterocycles. The number of carbonyl (C=O) groups is 4. The van der Waals surface area contributed by atoms with E-state index in [2.05, 4.69) is 4.84 Å². The molecule has 10 nitrogen and oxygen atoms in total. The van der Waals surface area contributed by atoms with Crippen molar-refractivity contribution in [3.05, 3.63) is 59.7 Å². The average Bonchev–Trinajstić information content (AvgIpc) is 3.02. The van der Waals surface area contributed by atoms with E-state index in [1.807, 2.05) is 5.32 Å². The first kappa shape index (κ1) is 23.4. The van der Waals surface area contributed by atoms with Gasteiger partial charge in [-0.3, -0.25) is 29.4 Å². The van der Waals surface area contributed by atoms with Crippen molar-refractivity contribution in [3.63, 3.8) is 0 Å². The maximum absolute atomic E-state index is 13.1. The fraction of sp³-hybridized carbons (Fsp3) is 0.200. The van der Waals surface area contributed by atoms with Gasteiger partial charge in [0, 0.05) is 6.42 Å². The molecule has 14 heteroatoms. The lowest BCUT2D eigenvalue weighted by Gasteiger charge is -2.27. The van der Waals surface area contributed by atoms with Crippen LogP contribution in [0, 0.1) is 0 Å². The van der Waals surface area contributed by atoms with E-state index in [1.54, 1.807) is 0 Å². The van der Waals surface area contributed by atoms with Gasteiger partial charge in [0.15, 0.2) is 0 Å². The van der Waals surface area contributed by atoms with Crippen LogP contribution in [0.3, 0.4) is 0 Å². The molecule has 178 valence electrons. The van der Waals surface area contributed by atoms with Crippen molar-refractivity contribution in [1.29, 1.82) is 0 Å². The maximum atomic E-state index is 13.1. The molecule has 1 fully saturated rings. The third-order valence-electron chi connectivity index (χ3n) is 5.08. The predicted molar refractivity (Wildman–Crippen MR) is 106 cm³/mol. The highest BCUT2D eigenvalue weighted by molar-refractivity contribution is 7.92. The van der Waals surface area contributed by atoms with Crippen molar-refractivity contribution in [3.8, 4) is 0 Å². The molecule has 34 heavy (non-hydrogen) atoms. The summed E-state index contributed by atoms with van der Waals surface area (Å²) < 4.78 is 64.7. The van der Waals surface area contributed by atoms with Crippen molar-refractivity contribution in [2.45, 2.75) is 30.1 Å². The van der Waals surface area contributed by atoms with Crippen molar-refractivity contribution >= 4 is 39.3 Å². The Labute approximate surface area is 189 Å². The van der Waals surface area contributed by atoms with Gasteiger partial charge in [0.2, 0.25) is 11.8 Å². The quantitative estimate of drug-likeness (QED) is 0.492. The zero-order valence-electron chi connectivity index (χ0n) is 16.9. The summed E-state index contributed by atoms with van der Waals surface area (Å²) in [5.74, 6) is -3.39. The second-order valence-corrected chi connectivity index (χ2v) is 9.01. The van der Waals surface area contributed by atoms with Crippen LogP contribution >= 0.6 is 0 Å². The Bertz CT molecular complexity index is 1310. The number of halogens is 3. The predicted octanol–water partition coefficient (Wildman–Crippen LogP) is 1.73. The number of hydrogen-bond acceptors (Lipinski definition) is 7. The van der Waals surface area contributed by atoms with E-state index in [4.69, 9.17) is 0 Å². The van der Waals surface area contributed by atoms with Crippen LogP contribution in [0.25, 0.3) is 0 Å². The molecule has 0 aliphatic carbocycles. The number of nitrogens with one attached hydrogen (secondary N) is 1. The summed E-state index contributed by atoms with van der Waals surface area (Å²) >= 11 is 0. The molecule has 0 radical (unpaired) electrons. The van der Waals surface area contributed by atoms with Crippen LogP contribution in [-0.2, 0) is 24.4 Å². The first-order chi connectivity index (χ1) is 15.9. The molecule has 4 rings (SSSR count). The maximum Gasteiger partial charge on any atom is 0.544 e. The number of carbonyl (C=O) groups excluding carboxylic acids is 4. The molecule has 0 spiro atoms. The molecule has 2 heterocycles. The smallest absolute Gasteiger partial charge is 0.295 e. The van der Waals surface area contributed by atoms with Gasteiger partial charge in [0.05, 0.1) is 21.7 Å². The summed E-state index contributed by atoms with van der Waals surface area (Å²) in [4.78, 5) is 53.0. The summed E-state index contributed by atoms with van der Waals surface area (Å²) in [6.07, 6.45) is -5.67. The molecule has 2 aromatic rings. The zero-order valence-corrected chi connectivity index (χ0v) is 17.7. The first-order valence-corrected chi connectivity index (χ1v) is 11.1. The van der Waals surface area contributed by atoms with Crippen LogP contribution in [-0.4, -0.2) is 49.4 Å². The summed E-state index contributed by atoms with van der Waals surface area (Å²) in [6, 6.07) is 7.43. The number of anilines is 1. The van der Waals surface area contributed by atoms with Crippen LogP contribution in [0.4, 0.5) is 18.9 Å². The Morgan fingerprint density at radius 1 is 0.971 bits per heavy atom. The highest BCUT2D eigenvalue weighted by Crippen LogP contribution is 2.34. The minimum Gasteiger partial charge on any atom is -0.295 e. The van der Waals surface area contributed by atoms with E-state index < -0.39 is 66.7 Å². The number of imide groups is 2. The molecule has 1 atom stereocenters. The molecule has 4 amide bonds. The molecular formula is C20H14F3N3O7S. The van der Waals surface area contributed by atoms with Crippen molar-refractivity contribution in [2.75, 3.05) is 4.47 Å². The molecule has 0 bridgehead atoms. The average molecular weight is 497 g/mol. The molecule has 2 aliphatic rings. The van der Waals surface area contributed by atoms with E-state index in [0.717, 1.165) is 30.3 Å². The van der Waals surface area contributed by atoms with Gasteiger partial charge in [-0.05, 0) is 36.8 Å². The lowest BCUT2D eigenvalue weighted by atomic mass is 10.0. The number of hydrogen-bond donors (Lipinski definition) is 1. The Hall–Kier alpha value is -3.78. The number of benzene rings is 2. The number of amides is 4. The van der Waals surface area contributed by atoms with E-state index in [-0.39, 0.29) is 18.4 Å². The monoisotopic (exact) mass is 497 g/mol. The number of nitrogens with zero attached hydrogens (tertiary/aromatic N) is 2. The lowest BCUT2D eigenvalue weighted by molar-refractivity contribution is -0.322. The van der Waals surface area contributed by atoms with Crippen LogP contribution in [0.5, 0.6) is 0 Å². The number of alkyl halides is 3. The standard InChI is InChI=1S/C20H14F3N3O7S/c21-20(22,23)33-26(34(31,32)12-4-2-1-3-5-12)11-6-7-13-14(10-11)19(30)25(18(13)29)15-8-9-16(27)24-17(15)28/h1-7,10,15H,8-9H2,(H,24,27,28). The van der Waals surface area contributed by atoms with Crippen molar-refractivity contribution in [1.82, 2.24) is 10.2 Å². The highest BCUT2D eigenvalue weighted by atomic mass is 32.2. The molecule has 1 N–H and O–H groups in total. The summed E-state index contributed by atoms with van der Waals surface area (Å²) in [5, 5.41) is 2.01. The Morgan fingerprint density at radius 3 is 2.24 bits per heavy atom. The third-order valence-corrected chi connectivity index (χ3v) is 6.67. The lowest BCUT2D eigenvalue weighted by Crippen LogP contribution is -2.54. The van der Waals surface area contributed by atoms with Crippen molar-refractivity contribution < 1.29 is 45.6 Å². The number of piperidine rings is 1. The molecule has 1 saturated heterocycles. The summed E-state index contributed by atoms with van der Waals surface area (Å²) in [7, 11) is -4.90. The SMILES string of the molecule is O=C1CCC(N2C(=O)c3ccc(N(OC(F)(F)F)S(=O)(=O)c4ccccc4)cc3C2=O)C(=O)N1. The zero-order chi connectivity index (χ0) is 24.8. The van der Waals surface area contributed by atoms with Gasteiger partial charge in [-0.1, -0.05) is 18.2 Å². The van der Waals surface area contributed by atoms with Gasteiger partial charge in [-0.15, -0.1) is 17.6 Å². The molecule has 0 aromatic heterocycles. The minimum atomic E-state index is -5.42. The van der Waals surface area contributed by atoms with Crippen LogP contribution in [0.15, 0.2) is 53.4 Å². The molecule has 2 aromatic carbocycles. The topological polar surface area (TPSA) is 130 Å². The van der Waals surface area contributed by atoms with Gasteiger partial charge < -0.3 is 0 Å². The van der Waals surface area contributed by atoms with E-state index in [1.165, 1.54) is 18.2 Å².